The summed E-state index contributed by atoms with van der Waals surface area (Å²) in [5.74, 6) is -0.0920. The summed E-state index contributed by atoms with van der Waals surface area (Å²) < 4.78 is 4.84. The van der Waals surface area contributed by atoms with Gasteiger partial charge in [-0.2, -0.15) is 0 Å². The standard InChI is InChI=1S/C14H27NO2/c1-5-15-14(11-12(16)17-4)8-6-7-13(2,3)9-10-14/h15H,5-11H2,1-4H3. The molecule has 0 bridgehead atoms. The van der Waals surface area contributed by atoms with E-state index in [1.807, 2.05) is 0 Å². The van der Waals surface area contributed by atoms with Crippen molar-refractivity contribution in [1.29, 1.82) is 0 Å². The van der Waals surface area contributed by atoms with Crippen molar-refractivity contribution in [2.24, 2.45) is 5.41 Å². The molecule has 0 spiro atoms. The lowest BCUT2D eigenvalue weighted by Gasteiger charge is -2.33. The monoisotopic (exact) mass is 241 g/mol. The molecule has 3 heteroatoms. The van der Waals surface area contributed by atoms with Crippen molar-refractivity contribution in [2.75, 3.05) is 13.7 Å². The third kappa shape index (κ3) is 4.30. The molecule has 0 amide bonds. The van der Waals surface area contributed by atoms with Crippen LogP contribution in [0.25, 0.3) is 0 Å². The van der Waals surface area contributed by atoms with Crippen molar-refractivity contribution in [1.82, 2.24) is 5.32 Å². The first-order valence-electron chi connectivity index (χ1n) is 6.75. The van der Waals surface area contributed by atoms with Crippen LogP contribution in [0, 0.1) is 5.41 Å². The number of methoxy groups -OCH3 is 1. The minimum absolute atomic E-state index is 0.0321. The van der Waals surface area contributed by atoms with Crippen LogP contribution in [0.1, 0.15) is 59.3 Å². The molecule has 0 radical (unpaired) electrons. The van der Waals surface area contributed by atoms with Crippen molar-refractivity contribution >= 4 is 5.97 Å². The van der Waals surface area contributed by atoms with Gasteiger partial charge in [0.05, 0.1) is 13.5 Å². The number of nitrogens with one attached hydrogen (secondary N) is 1. The predicted octanol–water partition coefficient (Wildman–Crippen LogP) is 2.89. The maximum atomic E-state index is 11.6. The van der Waals surface area contributed by atoms with E-state index in [9.17, 15) is 4.79 Å². The molecule has 1 aliphatic carbocycles. The number of ether oxygens (including phenoxy) is 1. The average molecular weight is 241 g/mol. The number of esters is 1. The molecule has 0 heterocycles. The Balaban J connectivity index is 2.73. The summed E-state index contributed by atoms with van der Waals surface area (Å²) >= 11 is 0. The van der Waals surface area contributed by atoms with Crippen molar-refractivity contribution in [3.63, 3.8) is 0 Å². The first-order valence-corrected chi connectivity index (χ1v) is 6.75. The van der Waals surface area contributed by atoms with E-state index in [4.69, 9.17) is 4.74 Å². The summed E-state index contributed by atoms with van der Waals surface area (Å²) in [6.07, 6.45) is 6.28. The van der Waals surface area contributed by atoms with Gasteiger partial charge >= 0.3 is 5.97 Å². The number of carbonyl (C=O) groups excluding carboxylic acids is 1. The van der Waals surface area contributed by atoms with Gasteiger partial charge in [0, 0.05) is 5.54 Å². The molecule has 17 heavy (non-hydrogen) atoms. The van der Waals surface area contributed by atoms with Gasteiger partial charge in [-0.25, -0.2) is 0 Å². The second kappa shape index (κ2) is 5.85. The average Bonchev–Trinajstić information content (AvgIpc) is 2.39. The van der Waals surface area contributed by atoms with Gasteiger partial charge in [0.15, 0.2) is 0 Å². The second-order valence-electron chi connectivity index (χ2n) is 6.08. The molecule has 1 unspecified atom stereocenters. The fourth-order valence-electron chi connectivity index (χ4n) is 2.87. The number of carbonyl (C=O) groups is 1. The largest absolute Gasteiger partial charge is 0.469 e. The Bertz CT molecular complexity index is 263. The Hall–Kier alpha value is -0.570. The Morgan fingerprint density at radius 2 is 1.94 bits per heavy atom. The highest BCUT2D eigenvalue weighted by atomic mass is 16.5. The molecule has 1 rings (SSSR count). The van der Waals surface area contributed by atoms with Crippen LogP contribution in [0.4, 0.5) is 0 Å². The zero-order chi connectivity index (χ0) is 12.9. The predicted molar refractivity (Wildman–Crippen MR) is 69.9 cm³/mol. The zero-order valence-electron chi connectivity index (χ0n) is 11.8. The third-order valence-electron chi connectivity index (χ3n) is 4.05. The third-order valence-corrected chi connectivity index (χ3v) is 4.05. The molecular formula is C14H27NO2. The molecule has 1 atom stereocenters. The lowest BCUT2D eigenvalue weighted by atomic mass is 9.82. The van der Waals surface area contributed by atoms with E-state index in [0.29, 0.717) is 11.8 Å². The van der Waals surface area contributed by atoms with E-state index in [1.165, 1.54) is 26.4 Å². The Morgan fingerprint density at radius 3 is 2.53 bits per heavy atom. The summed E-state index contributed by atoms with van der Waals surface area (Å²) in [6.45, 7) is 7.67. The lowest BCUT2D eigenvalue weighted by Crippen LogP contribution is -2.46. The minimum Gasteiger partial charge on any atom is -0.469 e. The van der Waals surface area contributed by atoms with Gasteiger partial charge in [-0.3, -0.25) is 4.79 Å². The quantitative estimate of drug-likeness (QED) is 0.607. The topological polar surface area (TPSA) is 38.3 Å². The Labute approximate surface area is 105 Å². The second-order valence-corrected chi connectivity index (χ2v) is 6.08. The fourth-order valence-corrected chi connectivity index (χ4v) is 2.87. The molecule has 1 N–H and O–H groups in total. The number of rotatable bonds is 4. The smallest absolute Gasteiger partial charge is 0.307 e. The molecule has 3 nitrogen and oxygen atoms in total. The molecule has 0 aliphatic heterocycles. The first-order chi connectivity index (χ1) is 7.93. The highest BCUT2D eigenvalue weighted by Gasteiger charge is 2.36. The Morgan fingerprint density at radius 1 is 1.24 bits per heavy atom. The van der Waals surface area contributed by atoms with Crippen LogP contribution >= 0.6 is 0 Å². The van der Waals surface area contributed by atoms with Crippen LogP contribution < -0.4 is 5.32 Å². The molecule has 100 valence electrons. The van der Waals surface area contributed by atoms with Gasteiger partial charge < -0.3 is 10.1 Å². The van der Waals surface area contributed by atoms with Gasteiger partial charge in [0.1, 0.15) is 0 Å². The summed E-state index contributed by atoms with van der Waals surface area (Å²) in [5, 5.41) is 3.54. The van der Waals surface area contributed by atoms with Crippen molar-refractivity contribution in [3.05, 3.63) is 0 Å². The van der Waals surface area contributed by atoms with Crippen LogP contribution in [0.2, 0.25) is 0 Å². The maximum Gasteiger partial charge on any atom is 0.307 e. The highest BCUT2D eigenvalue weighted by Crippen LogP contribution is 2.39. The molecule has 0 aromatic heterocycles. The van der Waals surface area contributed by atoms with Gasteiger partial charge in [-0.05, 0) is 37.6 Å². The van der Waals surface area contributed by atoms with Gasteiger partial charge in [0.2, 0.25) is 0 Å². The van der Waals surface area contributed by atoms with Gasteiger partial charge in [0.25, 0.3) is 0 Å². The zero-order valence-corrected chi connectivity index (χ0v) is 11.8. The van der Waals surface area contributed by atoms with E-state index >= 15 is 0 Å². The van der Waals surface area contributed by atoms with Crippen LogP contribution in [0.3, 0.4) is 0 Å². The minimum atomic E-state index is -0.0920. The SMILES string of the molecule is CCNC1(CC(=O)OC)CCCC(C)(C)CC1. The van der Waals surface area contributed by atoms with E-state index < -0.39 is 0 Å². The van der Waals surface area contributed by atoms with Crippen molar-refractivity contribution < 1.29 is 9.53 Å². The van der Waals surface area contributed by atoms with Crippen molar-refractivity contribution in [3.8, 4) is 0 Å². The summed E-state index contributed by atoms with van der Waals surface area (Å²) in [5.41, 5.74) is 0.378. The van der Waals surface area contributed by atoms with E-state index in [1.54, 1.807) is 0 Å². The lowest BCUT2D eigenvalue weighted by molar-refractivity contribution is -0.142. The number of hydrogen-bond acceptors (Lipinski definition) is 3. The van der Waals surface area contributed by atoms with Crippen molar-refractivity contribution in [2.45, 2.75) is 64.8 Å². The molecule has 1 fully saturated rings. The normalized spacial score (nSPS) is 28.5. The van der Waals surface area contributed by atoms with Crippen LogP contribution in [0.5, 0.6) is 0 Å². The summed E-state index contributed by atoms with van der Waals surface area (Å²) in [6, 6.07) is 0. The van der Waals surface area contributed by atoms with Crippen LogP contribution in [-0.4, -0.2) is 25.2 Å². The molecule has 0 aromatic carbocycles. The number of hydrogen-bond donors (Lipinski definition) is 1. The fraction of sp³-hybridized carbons (Fsp3) is 0.929. The maximum absolute atomic E-state index is 11.6. The molecule has 1 saturated carbocycles. The van der Waals surface area contributed by atoms with Crippen LogP contribution in [0.15, 0.2) is 0 Å². The Kier molecular flexibility index (Phi) is 4.99. The van der Waals surface area contributed by atoms with Gasteiger partial charge in [-0.15, -0.1) is 0 Å². The van der Waals surface area contributed by atoms with E-state index in [2.05, 4.69) is 26.1 Å². The first kappa shape index (κ1) is 14.5. The van der Waals surface area contributed by atoms with E-state index in [0.717, 1.165) is 19.4 Å². The van der Waals surface area contributed by atoms with Crippen LogP contribution in [-0.2, 0) is 9.53 Å². The molecule has 0 aromatic rings. The van der Waals surface area contributed by atoms with E-state index in [-0.39, 0.29) is 11.5 Å². The van der Waals surface area contributed by atoms with Gasteiger partial charge in [-0.1, -0.05) is 27.2 Å². The summed E-state index contributed by atoms with van der Waals surface area (Å²) in [4.78, 5) is 11.6. The summed E-state index contributed by atoms with van der Waals surface area (Å²) in [7, 11) is 1.47. The highest BCUT2D eigenvalue weighted by molar-refractivity contribution is 5.70. The molecular weight excluding hydrogens is 214 g/mol. The molecule has 0 saturated heterocycles. The molecule has 1 aliphatic rings.